The highest BCUT2D eigenvalue weighted by Crippen LogP contribution is 2.32. The van der Waals surface area contributed by atoms with Gasteiger partial charge in [0.2, 0.25) is 16.8 Å². The van der Waals surface area contributed by atoms with E-state index < -0.39 is 10.0 Å². The number of rotatable bonds is 7. The van der Waals surface area contributed by atoms with Gasteiger partial charge in [-0.1, -0.05) is 6.07 Å². The third kappa shape index (κ3) is 5.88. The molecule has 2 amide bonds. The molecule has 0 radical (unpaired) electrons. The van der Waals surface area contributed by atoms with Gasteiger partial charge in [-0.15, -0.1) is 0 Å². The van der Waals surface area contributed by atoms with Crippen LogP contribution in [0.3, 0.4) is 0 Å². The Morgan fingerprint density at radius 1 is 0.969 bits per heavy atom. The van der Waals surface area contributed by atoms with E-state index in [0.29, 0.717) is 12.2 Å². The molecular formula is C21H27N5O5S. The van der Waals surface area contributed by atoms with Crippen LogP contribution in [0, 0.1) is 0 Å². The first-order valence-electron chi connectivity index (χ1n) is 10.4. The summed E-state index contributed by atoms with van der Waals surface area (Å²) in [6.45, 7) is 6.21. The van der Waals surface area contributed by atoms with Gasteiger partial charge in [0.05, 0.1) is 4.90 Å². The van der Waals surface area contributed by atoms with E-state index in [2.05, 4.69) is 26.5 Å². The van der Waals surface area contributed by atoms with Crippen LogP contribution in [-0.2, 0) is 16.6 Å². The van der Waals surface area contributed by atoms with Gasteiger partial charge in [0.15, 0.2) is 11.5 Å². The SMILES string of the molecule is NS(=O)(=O)c1ccc(NC(=O)NCCN2CCN(Cc3ccc4c(c3)OCO4)CC2)cc1. The number of hydrogen-bond donors (Lipinski definition) is 3. The average Bonchev–Trinajstić information content (AvgIpc) is 3.23. The molecule has 0 bridgehead atoms. The van der Waals surface area contributed by atoms with Gasteiger partial charge in [0.25, 0.3) is 0 Å². The molecule has 2 aromatic rings. The predicted molar refractivity (Wildman–Crippen MR) is 119 cm³/mol. The van der Waals surface area contributed by atoms with Crippen molar-refractivity contribution in [3.8, 4) is 11.5 Å². The number of anilines is 1. The maximum atomic E-state index is 12.1. The Balaban J connectivity index is 1.14. The molecule has 1 saturated heterocycles. The maximum absolute atomic E-state index is 12.1. The first-order valence-corrected chi connectivity index (χ1v) is 11.9. The van der Waals surface area contributed by atoms with E-state index >= 15 is 0 Å². The number of benzene rings is 2. The van der Waals surface area contributed by atoms with Gasteiger partial charge in [-0.2, -0.15) is 0 Å². The molecule has 172 valence electrons. The molecule has 2 aromatic carbocycles. The molecule has 0 aliphatic carbocycles. The number of sulfonamides is 1. The number of hydrogen-bond acceptors (Lipinski definition) is 7. The first kappa shape index (κ1) is 22.3. The molecule has 0 unspecified atom stereocenters. The number of nitrogens with zero attached hydrogens (tertiary/aromatic N) is 2. The van der Waals surface area contributed by atoms with Crippen molar-refractivity contribution in [2.75, 3.05) is 51.4 Å². The summed E-state index contributed by atoms with van der Waals surface area (Å²) in [7, 11) is -3.75. The van der Waals surface area contributed by atoms with E-state index in [0.717, 1.165) is 50.8 Å². The molecule has 2 heterocycles. The highest BCUT2D eigenvalue weighted by atomic mass is 32.2. The monoisotopic (exact) mass is 461 g/mol. The van der Waals surface area contributed by atoms with Crippen LogP contribution in [0.15, 0.2) is 47.4 Å². The van der Waals surface area contributed by atoms with Crippen LogP contribution in [0.4, 0.5) is 10.5 Å². The number of primary sulfonamides is 1. The van der Waals surface area contributed by atoms with E-state index in [1.807, 2.05) is 12.1 Å². The van der Waals surface area contributed by atoms with Crippen molar-refractivity contribution in [1.82, 2.24) is 15.1 Å². The lowest BCUT2D eigenvalue weighted by molar-refractivity contribution is 0.128. The van der Waals surface area contributed by atoms with Crippen molar-refractivity contribution in [3.05, 3.63) is 48.0 Å². The number of amides is 2. The normalized spacial score (nSPS) is 16.7. The molecule has 4 rings (SSSR count). The zero-order valence-electron chi connectivity index (χ0n) is 17.6. The lowest BCUT2D eigenvalue weighted by atomic mass is 10.1. The van der Waals surface area contributed by atoms with Crippen LogP contribution in [0.2, 0.25) is 0 Å². The molecule has 0 atom stereocenters. The molecule has 32 heavy (non-hydrogen) atoms. The summed E-state index contributed by atoms with van der Waals surface area (Å²) in [5.41, 5.74) is 1.70. The summed E-state index contributed by atoms with van der Waals surface area (Å²) < 4.78 is 33.3. The predicted octanol–water partition coefficient (Wildman–Crippen LogP) is 1.00. The molecule has 2 aliphatic heterocycles. The molecule has 2 aliphatic rings. The number of carbonyl (C=O) groups excluding carboxylic acids is 1. The number of carbonyl (C=O) groups is 1. The summed E-state index contributed by atoms with van der Waals surface area (Å²) in [6, 6.07) is 11.4. The minimum Gasteiger partial charge on any atom is -0.454 e. The van der Waals surface area contributed by atoms with Crippen LogP contribution in [0.5, 0.6) is 11.5 Å². The number of fused-ring (bicyclic) bond motifs is 1. The van der Waals surface area contributed by atoms with Crippen LogP contribution in [-0.4, -0.2) is 70.3 Å². The fourth-order valence-electron chi connectivity index (χ4n) is 3.70. The molecule has 0 spiro atoms. The van der Waals surface area contributed by atoms with E-state index in [4.69, 9.17) is 14.6 Å². The number of piperazine rings is 1. The second-order valence-electron chi connectivity index (χ2n) is 7.76. The minimum absolute atomic E-state index is 0.00104. The average molecular weight is 462 g/mol. The van der Waals surface area contributed by atoms with Crippen molar-refractivity contribution in [3.63, 3.8) is 0 Å². The van der Waals surface area contributed by atoms with Crippen molar-refractivity contribution in [2.45, 2.75) is 11.4 Å². The van der Waals surface area contributed by atoms with E-state index in [1.54, 1.807) is 0 Å². The Morgan fingerprint density at radius 3 is 2.38 bits per heavy atom. The molecule has 0 aromatic heterocycles. The van der Waals surface area contributed by atoms with Crippen LogP contribution >= 0.6 is 0 Å². The highest BCUT2D eigenvalue weighted by Gasteiger charge is 2.19. The molecule has 1 fully saturated rings. The number of ether oxygens (including phenoxy) is 2. The van der Waals surface area contributed by atoms with Crippen molar-refractivity contribution in [2.24, 2.45) is 5.14 Å². The smallest absolute Gasteiger partial charge is 0.319 e. The third-order valence-corrected chi connectivity index (χ3v) is 6.39. The fraction of sp³-hybridized carbons (Fsp3) is 0.381. The summed E-state index contributed by atoms with van der Waals surface area (Å²) in [5.74, 6) is 1.61. The van der Waals surface area contributed by atoms with E-state index in [1.165, 1.54) is 29.8 Å². The zero-order chi connectivity index (χ0) is 22.6. The Hall–Kier alpha value is -2.86. The largest absolute Gasteiger partial charge is 0.454 e. The molecule has 4 N–H and O–H groups in total. The molecule has 11 heteroatoms. The summed E-state index contributed by atoms with van der Waals surface area (Å²) in [5, 5.41) is 10.6. The topological polar surface area (TPSA) is 126 Å². The standard InChI is InChI=1S/C21H27N5O5S/c22-32(28,29)18-4-2-17(3-5-18)24-21(27)23-7-8-25-9-11-26(12-10-25)14-16-1-6-19-20(13-16)31-15-30-19/h1-6,13H,7-12,14-15H2,(H2,22,28,29)(H2,23,24,27). The zero-order valence-corrected chi connectivity index (χ0v) is 18.4. The van der Waals surface area contributed by atoms with Gasteiger partial charge in [0.1, 0.15) is 0 Å². The van der Waals surface area contributed by atoms with Crippen molar-refractivity contribution >= 4 is 21.7 Å². The van der Waals surface area contributed by atoms with Crippen molar-refractivity contribution in [1.29, 1.82) is 0 Å². The van der Waals surface area contributed by atoms with Gasteiger partial charge in [0, 0.05) is 51.5 Å². The quantitative estimate of drug-likeness (QED) is 0.562. The molecule has 0 saturated carbocycles. The van der Waals surface area contributed by atoms with Crippen LogP contribution in [0.25, 0.3) is 0 Å². The van der Waals surface area contributed by atoms with E-state index in [-0.39, 0.29) is 17.7 Å². The summed E-state index contributed by atoms with van der Waals surface area (Å²) >= 11 is 0. The van der Waals surface area contributed by atoms with Crippen molar-refractivity contribution < 1.29 is 22.7 Å². The van der Waals surface area contributed by atoms with Gasteiger partial charge < -0.3 is 20.1 Å². The summed E-state index contributed by atoms with van der Waals surface area (Å²) in [6.07, 6.45) is 0. The number of nitrogens with one attached hydrogen (secondary N) is 2. The Bertz CT molecular complexity index is 1050. The lowest BCUT2D eigenvalue weighted by Crippen LogP contribution is -2.48. The fourth-order valence-corrected chi connectivity index (χ4v) is 4.21. The highest BCUT2D eigenvalue weighted by molar-refractivity contribution is 7.89. The second-order valence-corrected chi connectivity index (χ2v) is 9.32. The Labute approximate surface area is 187 Å². The van der Waals surface area contributed by atoms with Gasteiger partial charge in [-0.25, -0.2) is 18.4 Å². The van der Waals surface area contributed by atoms with Crippen LogP contribution < -0.4 is 25.2 Å². The number of urea groups is 1. The Morgan fingerprint density at radius 2 is 1.66 bits per heavy atom. The third-order valence-electron chi connectivity index (χ3n) is 5.46. The molecular weight excluding hydrogens is 434 g/mol. The maximum Gasteiger partial charge on any atom is 0.319 e. The minimum atomic E-state index is -3.75. The first-order chi connectivity index (χ1) is 15.4. The van der Waals surface area contributed by atoms with Gasteiger partial charge >= 0.3 is 6.03 Å². The van der Waals surface area contributed by atoms with E-state index in [9.17, 15) is 13.2 Å². The number of nitrogens with two attached hydrogens (primary N) is 1. The lowest BCUT2D eigenvalue weighted by Gasteiger charge is -2.34. The van der Waals surface area contributed by atoms with Crippen LogP contribution in [0.1, 0.15) is 5.56 Å². The van der Waals surface area contributed by atoms with Gasteiger partial charge in [-0.05, 0) is 42.0 Å². The summed E-state index contributed by atoms with van der Waals surface area (Å²) in [4.78, 5) is 16.8. The Kier molecular flexibility index (Phi) is 6.80. The van der Waals surface area contributed by atoms with Gasteiger partial charge in [-0.3, -0.25) is 9.80 Å². The molecule has 10 nitrogen and oxygen atoms in total. The second kappa shape index (κ2) is 9.74.